The van der Waals surface area contributed by atoms with E-state index in [1.165, 1.54) is 0 Å². The number of benzene rings is 2. The Hall–Kier alpha value is -1.82. The summed E-state index contributed by atoms with van der Waals surface area (Å²) in [6.45, 7) is 0. The molecule has 3 aromatic rings. The van der Waals surface area contributed by atoms with Crippen LogP contribution in [0.25, 0.3) is 22.6 Å². The molecule has 1 heterocycles. The first kappa shape index (κ1) is 17.0. The Morgan fingerprint density at radius 1 is 1.12 bits per heavy atom. The molecule has 122 valence electrons. The van der Waals surface area contributed by atoms with E-state index in [2.05, 4.69) is 26.4 Å². The van der Waals surface area contributed by atoms with Crippen LogP contribution in [0, 0.1) is 0 Å². The predicted octanol–water partition coefficient (Wildman–Crippen LogP) is 5.51. The van der Waals surface area contributed by atoms with E-state index in [-0.39, 0.29) is 0 Å². The van der Waals surface area contributed by atoms with Crippen molar-refractivity contribution in [2.45, 2.75) is 4.84 Å². The minimum Gasteiger partial charge on any atom is -0.356 e. The van der Waals surface area contributed by atoms with Crippen LogP contribution in [-0.2, 0) is 4.79 Å². The first-order chi connectivity index (χ1) is 11.5. The maximum atomic E-state index is 11.6. The summed E-state index contributed by atoms with van der Waals surface area (Å²) in [6, 6.07) is 16.7. The van der Waals surface area contributed by atoms with E-state index in [4.69, 9.17) is 27.7 Å². The van der Waals surface area contributed by atoms with Gasteiger partial charge in [-0.05, 0) is 18.2 Å². The highest BCUT2D eigenvalue weighted by atomic mass is 79.9. The van der Waals surface area contributed by atoms with Gasteiger partial charge in [0, 0.05) is 27.4 Å². The zero-order valence-electron chi connectivity index (χ0n) is 12.2. The summed E-state index contributed by atoms with van der Waals surface area (Å²) in [4.78, 5) is 10.4. The molecule has 4 nitrogen and oxygen atoms in total. The lowest BCUT2D eigenvalue weighted by molar-refractivity contribution is -0.114. The van der Waals surface area contributed by atoms with E-state index >= 15 is 0 Å². The molecule has 0 aliphatic rings. The number of carbonyl (C=O) groups excluding carboxylic acids is 1. The zero-order chi connectivity index (χ0) is 17.1. The Kier molecular flexibility index (Phi) is 5.23. The number of amides is 1. The van der Waals surface area contributed by atoms with E-state index in [1.54, 1.807) is 18.2 Å². The van der Waals surface area contributed by atoms with Crippen LogP contribution in [0.2, 0.25) is 0 Å². The van der Waals surface area contributed by atoms with Crippen LogP contribution in [0.3, 0.4) is 0 Å². The van der Waals surface area contributed by atoms with Crippen molar-refractivity contribution < 1.29 is 9.32 Å². The molecule has 0 bridgehead atoms. The van der Waals surface area contributed by atoms with E-state index in [0.29, 0.717) is 17.1 Å². The second-order valence-electron chi connectivity index (χ2n) is 4.93. The molecule has 0 saturated heterocycles. The second-order valence-corrected chi connectivity index (χ2v) is 6.88. The molecular formula is C17H11BrCl2N2O2. The van der Waals surface area contributed by atoms with Crippen molar-refractivity contribution in [2.24, 2.45) is 0 Å². The van der Waals surface area contributed by atoms with Gasteiger partial charge in [0.2, 0.25) is 0 Å². The third-order valence-corrected chi connectivity index (χ3v) is 4.36. The van der Waals surface area contributed by atoms with E-state index in [0.717, 1.165) is 15.6 Å². The summed E-state index contributed by atoms with van der Waals surface area (Å²) in [7, 11) is 0. The van der Waals surface area contributed by atoms with Crippen molar-refractivity contribution in [1.82, 2.24) is 5.16 Å². The van der Waals surface area contributed by atoms with Crippen molar-refractivity contribution in [3.05, 3.63) is 59.1 Å². The Bertz CT molecular complexity index is 880. The quantitative estimate of drug-likeness (QED) is 0.560. The lowest BCUT2D eigenvalue weighted by Gasteiger charge is -2.06. The number of rotatable bonds is 4. The highest BCUT2D eigenvalue weighted by molar-refractivity contribution is 9.10. The van der Waals surface area contributed by atoms with E-state index in [9.17, 15) is 4.79 Å². The number of alkyl halides is 2. The fraction of sp³-hybridized carbons (Fsp3) is 0.0588. The first-order valence-corrected chi connectivity index (χ1v) is 8.62. The highest BCUT2D eigenvalue weighted by Crippen LogP contribution is 2.31. The smallest absolute Gasteiger partial charge is 0.257 e. The monoisotopic (exact) mass is 424 g/mol. The number of aromatic nitrogens is 1. The minimum absolute atomic E-state index is 0.484. The first-order valence-electron chi connectivity index (χ1n) is 6.95. The van der Waals surface area contributed by atoms with Gasteiger partial charge in [0.1, 0.15) is 5.69 Å². The maximum Gasteiger partial charge on any atom is 0.257 e. The van der Waals surface area contributed by atoms with Crippen molar-refractivity contribution >= 4 is 50.7 Å². The molecule has 7 heteroatoms. The summed E-state index contributed by atoms with van der Waals surface area (Å²) < 4.78 is 6.36. The molecule has 0 radical (unpaired) electrons. The van der Waals surface area contributed by atoms with Crippen LogP contribution < -0.4 is 5.32 Å². The number of nitrogens with zero attached hydrogens (tertiary/aromatic N) is 1. The van der Waals surface area contributed by atoms with Gasteiger partial charge < -0.3 is 9.84 Å². The summed E-state index contributed by atoms with van der Waals surface area (Å²) in [6.07, 6.45) is 0. The number of carbonyl (C=O) groups is 1. The lowest BCUT2D eigenvalue weighted by Crippen LogP contribution is -2.18. The number of halogens is 3. The number of nitrogens with one attached hydrogen (secondary N) is 1. The Morgan fingerprint density at radius 2 is 1.92 bits per heavy atom. The van der Waals surface area contributed by atoms with E-state index in [1.807, 2.05) is 36.4 Å². The molecule has 1 aromatic heterocycles. The molecule has 3 rings (SSSR count). The van der Waals surface area contributed by atoms with Crippen LogP contribution >= 0.6 is 39.1 Å². The SMILES string of the molecule is O=C(Nc1cccc(-c2cc(-c3ccccc3Br)no2)c1)C(Cl)Cl. The minimum atomic E-state index is -1.12. The standard InChI is InChI=1S/C17H11BrCl2N2O2/c18-13-7-2-1-6-12(13)14-9-15(24-22-14)10-4-3-5-11(8-10)21-17(23)16(19)20/h1-9,16H,(H,21,23). The molecule has 0 spiro atoms. The molecule has 0 atom stereocenters. The van der Waals surface area contributed by atoms with Gasteiger partial charge >= 0.3 is 0 Å². The van der Waals surface area contributed by atoms with Gasteiger partial charge in [0.25, 0.3) is 5.91 Å². The van der Waals surface area contributed by atoms with Crippen LogP contribution in [0.15, 0.2) is 63.6 Å². The molecule has 1 amide bonds. The zero-order valence-corrected chi connectivity index (χ0v) is 15.3. The average molecular weight is 426 g/mol. The Balaban J connectivity index is 1.88. The van der Waals surface area contributed by atoms with E-state index < -0.39 is 10.7 Å². The average Bonchev–Trinajstić information content (AvgIpc) is 3.05. The van der Waals surface area contributed by atoms with Gasteiger partial charge in [-0.15, -0.1) is 0 Å². The van der Waals surface area contributed by atoms with Crippen LogP contribution in [0.1, 0.15) is 0 Å². The van der Waals surface area contributed by atoms with Crippen molar-refractivity contribution in [3.63, 3.8) is 0 Å². The maximum absolute atomic E-state index is 11.6. The predicted molar refractivity (Wildman–Crippen MR) is 99.2 cm³/mol. The molecule has 0 aliphatic heterocycles. The van der Waals surface area contributed by atoms with Gasteiger partial charge in [-0.1, -0.05) is 74.6 Å². The largest absolute Gasteiger partial charge is 0.356 e. The molecule has 0 saturated carbocycles. The molecule has 0 unspecified atom stereocenters. The van der Waals surface area contributed by atoms with Gasteiger partial charge in [0.15, 0.2) is 10.6 Å². The fourth-order valence-corrected chi connectivity index (χ4v) is 2.75. The van der Waals surface area contributed by atoms with Crippen molar-refractivity contribution in [3.8, 4) is 22.6 Å². The summed E-state index contributed by atoms with van der Waals surface area (Å²) in [5, 5.41) is 6.73. The topological polar surface area (TPSA) is 55.1 Å². The van der Waals surface area contributed by atoms with Crippen LogP contribution in [0.5, 0.6) is 0 Å². The van der Waals surface area contributed by atoms with Gasteiger partial charge in [-0.25, -0.2) is 0 Å². The normalized spacial score (nSPS) is 10.8. The molecule has 0 fully saturated rings. The van der Waals surface area contributed by atoms with Gasteiger partial charge in [0.05, 0.1) is 0 Å². The fourth-order valence-electron chi connectivity index (χ4n) is 2.15. The number of anilines is 1. The summed E-state index contributed by atoms with van der Waals surface area (Å²) in [5.74, 6) is 0.104. The summed E-state index contributed by atoms with van der Waals surface area (Å²) in [5.41, 5.74) is 3.00. The molecule has 0 aliphatic carbocycles. The number of hydrogen-bond acceptors (Lipinski definition) is 3. The highest BCUT2D eigenvalue weighted by Gasteiger charge is 2.14. The Labute approximate surface area is 156 Å². The summed E-state index contributed by atoms with van der Waals surface area (Å²) >= 11 is 14.6. The molecule has 24 heavy (non-hydrogen) atoms. The van der Waals surface area contributed by atoms with Crippen molar-refractivity contribution in [1.29, 1.82) is 0 Å². The van der Waals surface area contributed by atoms with Gasteiger partial charge in [-0.2, -0.15) is 0 Å². The lowest BCUT2D eigenvalue weighted by atomic mass is 10.1. The van der Waals surface area contributed by atoms with Crippen LogP contribution in [-0.4, -0.2) is 15.9 Å². The molecular weight excluding hydrogens is 415 g/mol. The van der Waals surface area contributed by atoms with Gasteiger partial charge in [-0.3, -0.25) is 4.79 Å². The Morgan fingerprint density at radius 3 is 2.67 bits per heavy atom. The van der Waals surface area contributed by atoms with Crippen molar-refractivity contribution in [2.75, 3.05) is 5.32 Å². The third-order valence-electron chi connectivity index (χ3n) is 3.27. The second kappa shape index (κ2) is 7.38. The number of hydrogen-bond donors (Lipinski definition) is 1. The van der Waals surface area contributed by atoms with Crippen LogP contribution in [0.4, 0.5) is 5.69 Å². The molecule has 1 N–H and O–H groups in total. The third kappa shape index (κ3) is 3.80. The molecule has 2 aromatic carbocycles.